The Hall–Kier alpha value is -2.48. The van der Waals surface area contributed by atoms with Crippen LogP contribution in [0, 0.1) is 17.2 Å². The summed E-state index contributed by atoms with van der Waals surface area (Å²) in [5.41, 5.74) is 0.768. The fraction of sp³-hybridized carbons (Fsp3) is 0.412. The molecule has 2 rings (SSSR count). The number of nitriles is 1. The maximum Gasteiger partial charge on any atom is 0.267 e. The minimum Gasteiger partial charge on any atom is -0.497 e. The smallest absolute Gasteiger partial charge is 0.267 e. The summed E-state index contributed by atoms with van der Waals surface area (Å²) in [4.78, 5) is 14.2. The molecule has 0 aliphatic carbocycles. The van der Waals surface area contributed by atoms with Crippen molar-refractivity contribution in [3.05, 3.63) is 36.0 Å². The van der Waals surface area contributed by atoms with Crippen LogP contribution in [0.1, 0.15) is 19.8 Å². The van der Waals surface area contributed by atoms with E-state index < -0.39 is 0 Å². The van der Waals surface area contributed by atoms with E-state index >= 15 is 0 Å². The number of benzene rings is 1. The van der Waals surface area contributed by atoms with Crippen LogP contribution in [-0.4, -0.2) is 31.0 Å². The van der Waals surface area contributed by atoms with Gasteiger partial charge >= 0.3 is 0 Å². The standard InChI is InChI=1S/C17H21N3O2/c1-13-7-9-20(10-8-13)12-14(11-18)17(21)19-15-3-5-16(22-2)6-4-15/h3-6,12-13H,7-10H2,1-2H3,(H,19,21)/b14-12-. The highest BCUT2D eigenvalue weighted by molar-refractivity contribution is 6.06. The van der Waals surface area contributed by atoms with Gasteiger partial charge in [0.25, 0.3) is 5.91 Å². The van der Waals surface area contributed by atoms with Gasteiger partial charge < -0.3 is 15.0 Å². The molecule has 1 saturated heterocycles. The second-order valence-electron chi connectivity index (χ2n) is 5.56. The Kier molecular flexibility index (Phi) is 5.42. The molecule has 1 N–H and O–H groups in total. The summed E-state index contributed by atoms with van der Waals surface area (Å²) >= 11 is 0. The molecule has 0 saturated carbocycles. The van der Waals surface area contributed by atoms with Crippen LogP contribution in [0.25, 0.3) is 0 Å². The molecule has 1 aliphatic heterocycles. The Balaban J connectivity index is 2.00. The SMILES string of the molecule is COc1ccc(NC(=O)/C(C#N)=C\N2CCC(C)CC2)cc1. The van der Waals surface area contributed by atoms with E-state index in [-0.39, 0.29) is 11.5 Å². The predicted molar refractivity (Wildman–Crippen MR) is 85.3 cm³/mol. The first-order valence-corrected chi connectivity index (χ1v) is 7.43. The molecule has 0 radical (unpaired) electrons. The van der Waals surface area contributed by atoms with E-state index in [1.807, 2.05) is 11.0 Å². The number of methoxy groups -OCH3 is 1. The first-order valence-electron chi connectivity index (χ1n) is 7.43. The second kappa shape index (κ2) is 7.51. The lowest BCUT2D eigenvalue weighted by Crippen LogP contribution is -2.29. The minimum atomic E-state index is -0.383. The Bertz CT molecular complexity index is 579. The molecule has 1 aliphatic rings. The van der Waals surface area contributed by atoms with Crippen LogP contribution in [-0.2, 0) is 4.79 Å². The lowest BCUT2D eigenvalue weighted by Gasteiger charge is -2.29. The zero-order valence-corrected chi connectivity index (χ0v) is 13.0. The van der Waals surface area contributed by atoms with Gasteiger partial charge in [-0.25, -0.2) is 0 Å². The molecule has 1 amide bonds. The van der Waals surface area contributed by atoms with Crippen molar-refractivity contribution in [1.29, 1.82) is 5.26 Å². The highest BCUT2D eigenvalue weighted by Crippen LogP contribution is 2.18. The molecule has 1 aromatic carbocycles. The van der Waals surface area contributed by atoms with Crippen LogP contribution in [0.3, 0.4) is 0 Å². The van der Waals surface area contributed by atoms with E-state index in [0.717, 1.165) is 31.7 Å². The number of piperidine rings is 1. The van der Waals surface area contributed by atoms with E-state index in [4.69, 9.17) is 4.74 Å². The van der Waals surface area contributed by atoms with Gasteiger partial charge in [0.2, 0.25) is 0 Å². The highest BCUT2D eigenvalue weighted by Gasteiger charge is 2.16. The third kappa shape index (κ3) is 4.26. The first kappa shape index (κ1) is 15.9. The van der Waals surface area contributed by atoms with E-state index in [9.17, 15) is 10.1 Å². The highest BCUT2D eigenvalue weighted by atomic mass is 16.5. The van der Waals surface area contributed by atoms with Crippen molar-refractivity contribution in [3.63, 3.8) is 0 Å². The molecule has 116 valence electrons. The number of ether oxygens (including phenoxy) is 1. The molecule has 1 heterocycles. The molecule has 0 unspecified atom stereocenters. The Morgan fingerprint density at radius 1 is 1.36 bits per heavy atom. The minimum absolute atomic E-state index is 0.130. The summed E-state index contributed by atoms with van der Waals surface area (Å²) in [6.07, 6.45) is 3.86. The molecule has 1 aromatic rings. The zero-order valence-electron chi connectivity index (χ0n) is 13.0. The number of anilines is 1. The summed E-state index contributed by atoms with van der Waals surface area (Å²) in [5, 5.41) is 11.9. The molecular weight excluding hydrogens is 278 g/mol. The second-order valence-corrected chi connectivity index (χ2v) is 5.56. The van der Waals surface area contributed by atoms with Crippen LogP contribution in [0.5, 0.6) is 5.75 Å². The number of hydrogen-bond acceptors (Lipinski definition) is 4. The Morgan fingerprint density at radius 2 is 2.00 bits per heavy atom. The molecular formula is C17H21N3O2. The van der Waals surface area contributed by atoms with Gasteiger partial charge in [-0.2, -0.15) is 5.26 Å². The first-order chi connectivity index (χ1) is 10.6. The zero-order chi connectivity index (χ0) is 15.9. The molecule has 0 atom stereocenters. The molecule has 0 aromatic heterocycles. The van der Waals surface area contributed by atoms with Crippen LogP contribution in [0.4, 0.5) is 5.69 Å². The van der Waals surface area contributed by atoms with Crippen molar-refractivity contribution in [2.75, 3.05) is 25.5 Å². The number of nitrogens with zero attached hydrogens (tertiary/aromatic N) is 2. The number of nitrogens with one attached hydrogen (secondary N) is 1. The van der Waals surface area contributed by atoms with Gasteiger partial charge in [0.1, 0.15) is 17.4 Å². The third-order valence-corrected chi connectivity index (χ3v) is 3.84. The predicted octanol–water partition coefficient (Wildman–Crippen LogP) is 2.77. The van der Waals surface area contributed by atoms with Crippen molar-refractivity contribution < 1.29 is 9.53 Å². The fourth-order valence-corrected chi connectivity index (χ4v) is 2.35. The normalized spacial score (nSPS) is 16.0. The van der Waals surface area contributed by atoms with Gasteiger partial charge in [0.15, 0.2) is 0 Å². The maximum atomic E-state index is 12.2. The number of carbonyl (C=O) groups excluding carboxylic acids is 1. The van der Waals surface area contributed by atoms with Gasteiger partial charge in [-0.05, 0) is 43.0 Å². The molecule has 22 heavy (non-hydrogen) atoms. The van der Waals surface area contributed by atoms with Gasteiger partial charge in [0, 0.05) is 25.0 Å². The number of rotatable bonds is 4. The summed E-state index contributed by atoms with van der Waals surface area (Å²) in [6, 6.07) is 9.00. The van der Waals surface area contributed by atoms with Gasteiger partial charge in [-0.1, -0.05) is 6.92 Å². The van der Waals surface area contributed by atoms with Crippen molar-refractivity contribution in [2.24, 2.45) is 5.92 Å². The number of amides is 1. The molecule has 1 fully saturated rings. The summed E-state index contributed by atoms with van der Waals surface area (Å²) in [6.45, 7) is 4.01. The van der Waals surface area contributed by atoms with E-state index in [1.165, 1.54) is 0 Å². The fourth-order valence-electron chi connectivity index (χ4n) is 2.35. The van der Waals surface area contributed by atoms with Crippen molar-refractivity contribution in [2.45, 2.75) is 19.8 Å². The Labute approximate surface area is 131 Å². The average molecular weight is 299 g/mol. The lowest BCUT2D eigenvalue weighted by molar-refractivity contribution is -0.112. The lowest BCUT2D eigenvalue weighted by atomic mass is 9.99. The van der Waals surface area contributed by atoms with Crippen molar-refractivity contribution >= 4 is 11.6 Å². The quantitative estimate of drug-likeness (QED) is 0.686. The van der Waals surface area contributed by atoms with Crippen molar-refractivity contribution in [3.8, 4) is 11.8 Å². The number of hydrogen-bond donors (Lipinski definition) is 1. The van der Waals surface area contributed by atoms with Crippen molar-refractivity contribution in [1.82, 2.24) is 4.90 Å². The molecule has 5 heteroatoms. The summed E-state index contributed by atoms with van der Waals surface area (Å²) in [7, 11) is 1.59. The van der Waals surface area contributed by atoms with Gasteiger partial charge in [0.05, 0.1) is 7.11 Å². The maximum absolute atomic E-state index is 12.2. The van der Waals surface area contributed by atoms with Crippen LogP contribution < -0.4 is 10.1 Å². The summed E-state index contributed by atoms with van der Waals surface area (Å²) in [5.74, 6) is 1.05. The molecule has 0 spiro atoms. The monoisotopic (exact) mass is 299 g/mol. The van der Waals surface area contributed by atoms with E-state index in [1.54, 1.807) is 37.6 Å². The van der Waals surface area contributed by atoms with Gasteiger partial charge in [-0.3, -0.25) is 4.79 Å². The van der Waals surface area contributed by atoms with E-state index in [0.29, 0.717) is 11.6 Å². The number of likely N-dealkylation sites (tertiary alicyclic amines) is 1. The van der Waals surface area contributed by atoms with Crippen LogP contribution in [0.2, 0.25) is 0 Å². The van der Waals surface area contributed by atoms with Crippen LogP contribution in [0.15, 0.2) is 36.0 Å². The van der Waals surface area contributed by atoms with Crippen LogP contribution >= 0.6 is 0 Å². The van der Waals surface area contributed by atoms with Gasteiger partial charge in [-0.15, -0.1) is 0 Å². The summed E-state index contributed by atoms with van der Waals surface area (Å²) < 4.78 is 5.07. The molecule has 5 nitrogen and oxygen atoms in total. The topological polar surface area (TPSA) is 65.4 Å². The third-order valence-electron chi connectivity index (χ3n) is 3.84. The Morgan fingerprint density at radius 3 is 2.55 bits per heavy atom. The average Bonchev–Trinajstić information content (AvgIpc) is 2.55. The van der Waals surface area contributed by atoms with E-state index in [2.05, 4.69) is 12.2 Å². The number of carbonyl (C=O) groups is 1. The molecule has 0 bridgehead atoms. The largest absolute Gasteiger partial charge is 0.497 e.